The Labute approximate surface area is 111 Å². The Hall–Kier alpha value is -1.88. The lowest BCUT2D eigenvalue weighted by molar-refractivity contribution is -0.133. The molecule has 0 bridgehead atoms. The minimum absolute atomic E-state index is 0.151. The molecule has 1 heterocycles. The molecule has 2 N–H and O–H groups in total. The summed E-state index contributed by atoms with van der Waals surface area (Å²) in [4.78, 5) is 23.1. The Morgan fingerprint density at radius 3 is 2.74 bits per heavy atom. The van der Waals surface area contributed by atoms with Gasteiger partial charge in [0.05, 0.1) is 5.56 Å². The van der Waals surface area contributed by atoms with Crippen molar-refractivity contribution in [3.8, 4) is 0 Å². The van der Waals surface area contributed by atoms with Crippen LogP contribution in [0.4, 0.5) is 5.69 Å². The van der Waals surface area contributed by atoms with Crippen molar-refractivity contribution in [2.24, 2.45) is 0 Å². The second-order valence-electron chi connectivity index (χ2n) is 4.97. The average Bonchev–Trinajstić information content (AvgIpc) is 2.80. The van der Waals surface area contributed by atoms with Gasteiger partial charge in [-0.05, 0) is 44.4 Å². The van der Waals surface area contributed by atoms with Crippen molar-refractivity contribution in [1.29, 1.82) is 0 Å². The van der Waals surface area contributed by atoms with Crippen LogP contribution in [0.3, 0.4) is 0 Å². The largest absolute Gasteiger partial charge is 0.478 e. The lowest BCUT2D eigenvalue weighted by Crippen LogP contribution is -2.39. The molecule has 2 rings (SSSR count). The van der Waals surface area contributed by atoms with Crippen molar-refractivity contribution in [3.63, 3.8) is 0 Å². The van der Waals surface area contributed by atoms with Crippen LogP contribution < -0.4 is 5.32 Å². The summed E-state index contributed by atoms with van der Waals surface area (Å²) in [5.74, 6) is -1.24. The van der Waals surface area contributed by atoms with E-state index in [1.165, 1.54) is 12.1 Å². The van der Waals surface area contributed by atoms with Gasteiger partial charge in [0.2, 0.25) is 0 Å². The summed E-state index contributed by atoms with van der Waals surface area (Å²) < 4.78 is 5.46. The lowest BCUT2D eigenvalue weighted by atomic mass is 10.0. The number of carbonyl (C=O) groups is 2. The van der Waals surface area contributed by atoms with Gasteiger partial charge < -0.3 is 15.2 Å². The van der Waals surface area contributed by atoms with Crippen LogP contribution >= 0.6 is 0 Å². The Balaban J connectivity index is 2.20. The zero-order valence-electron chi connectivity index (χ0n) is 11.0. The molecule has 19 heavy (non-hydrogen) atoms. The van der Waals surface area contributed by atoms with Gasteiger partial charge >= 0.3 is 5.97 Å². The number of hydrogen-bond donors (Lipinski definition) is 2. The Bertz CT molecular complexity index is 518. The molecule has 0 aliphatic carbocycles. The summed E-state index contributed by atoms with van der Waals surface area (Å²) in [6.07, 6.45) is 1.54. The molecule has 1 aromatic carbocycles. The van der Waals surface area contributed by atoms with E-state index in [9.17, 15) is 9.59 Å². The first-order chi connectivity index (χ1) is 8.92. The minimum atomic E-state index is -1.01. The Morgan fingerprint density at radius 1 is 1.42 bits per heavy atom. The molecule has 1 saturated heterocycles. The maximum absolute atomic E-state index is 12.2. The van der Waals surface area contributed by atoms with Gasteiger partial charge in [-0.2, -0.15) is 0 Å². The number of carbonyl (C=O) groups excluding carboxylic acids is 1. The highest BCUT2D eigenvalue weighted by Crippen LogP contribution is 2.27. The van der Waals surface area contributed by atoms with Crippen molar-refractivity contribution in [3.05, 3.63) is 29.3 Å². The van der Waals surface area contributed by atoms with E-state index in [0.29, 0.717) is 18.7 Å². The van der Waals surface area contributed by atoms with Gasteiger partial charge in [0.1, 0.15) is 5.60 Å². The smallest absolute Gasteiger partial charge is 0.335 e. The molecular weight excluding hydrogens is 246 g/mol. The highest BCUT2D eigenvalue weighted by molar-refractivity contribution is 5.99. The molecule has 1 atom stereocenters. The predicted molar refractivity (Wildman–Crippen MR) is 70.4 cm³/mol. The number of carboxylic acids is 1. The molecule has 1 aliphatic heterocycles. The van der Waals surface area contributed by atoms with E-state index in [4.69, 9.17) is 9.84 Å². The summed E-state index contributed by atoms with van der Waals surface area (Å²) >= 11 is 0. The van der Waals surface area contributed by atoms with E-state index in [1.807, 2.05) is 6.92 Å². The molecular formula is C14H17NO4. The molecule has 1 aliphatic rings. The first-order valence-electron chi connectivity index (χ1n) is 6.22. The normalized spacial score (nSPS) is 22.2. The van der Waals surface area contributed by atoms with Crippen LogP contribution in [0.2, 0.25) is 0 Å². The lowest BCUT2D eigenvalue weighted by Gasteiger charge is -2.22. The van der Waals surface area contributed by atoms with Crippen molar-refractivity contribution in [2.45, 2.75) is 32.3 Å². The highest BCUT2D eigenvalue weighted by atomic mass is 16.5. The van der Waals surface area contributed by atoms with Crippen LogP contribution in [-0.4, -0.2) is 29.2 Å². The quantitative estimate of drug-likeness (QED) is 0.876. The number of carboxylic acid groups (broad SMARTS) is 1. The van der Waals surface area contributed by atoms with Crippen molar-refractivity contribution in [2.75, 3.05) is 11.9 Å². The summed E-state index contributed by atoms with van der Waals surface area (Å²) in [7, 11) is 0. The number of hydrogen-bond acceptors (Lipinski definition) is 3. The second-order valence-corrected chi connectivity index (χ2v) is 4.97. The molecule has 1 aromatic rings. The SMILES string of the molecule is Cc1ccc(C(=O)O)cc1NC(=O)C1(C)CCCO1. The summed E-state index contributed by atoms with van der Waals surface area (Å²) in [6.45, 7) is 4.16. The molecule has 1 fully saturated rings. The topological polar surface area (TPSA) is 75.6 Å². The van der Waals surface area contributed by atoms with Crippen LogP contribution in [-0.2, 0) is 9.53 Å². The standard InChI is InChI=1S/C14H17NO4/c1-9-4-5-10(12(16)17)8-11(9)15-13(18)14(2)6-3-7-19-14/h4-5,8H,3,6-7H2,1-2H3,(H,15,18)(H,16,17). The van der Waals surface area contributed by atoms with Crippen molar-refractivity contribution in [1.82, 2.24) is 0 Å². The van der Waals surface area contributed by atoms with Gasteiger partial charge in [-0.1, -0.05) is 6.07 Å². The number of amides is 1. The van der Waals surface area contributed by atoms with E-state index in [2.05, 4.69) is 5.32 Å². The van der Waals surface area contributed by atoms with Crippen LogP contribution in [0, 0.1) is 6.92 Å². The van der Waals surface area contributed by atoms with Gasteiger partial charge in [-0.25, -0.2) is 4.79 Å². The molecule has 102 valence electrons. The van der Waals surface area contributed by atoms with Gasteiger partial charge in [0.25, 0.3) is 5.91 Å². The van der Waals surface area contributed by atoms with Crippen LogP contribution in [0.5, 0.6) is 0 Å². The molecule has 5 nitrogen and oxygen atoms in total. The fourth-order valence-electron chi connectivity index (χ4n) is 2.10. The molecule has 0 aromatic heterocycles. The van der Waals surface area contributed by atoms with Gasteiger partial charge in [0, 0.05) is 12.3 Å². The molecule has 5 heteroatoms. The molecule has 0 saturated carbocycles. The summed E-state index contributed by atoms with van der Waals surface area (Å²) in [5, 5.41) is 11.7. The predicted octanol–water partition coefficient (Wildman–Crippen LogP) is 2.20. The average molecular weight is 263 g/mol. The molecule has 1 amide bonds. The molecule has 0 spiro atoms. The number of ether oxygens (including phenoxy) is 1. The minimum Gasteiger partial charge on any atom is -0.478 e. The van der Waals surface area contributed by atoms with E-state index < -0.39 is 11.6 Å². The fraction of sp³-hybridized carbons (Fsp3) is 0.429. The van der Waals surface area contributed by atoms with E-state index >= 15 is 0 Å². The maximum Gasteiger partial charge on any atom is 0.335 e. The molecule has 1 unspecified atom stereocenters. The first kappa shape index (κ1) is 13.5. The van der Waals surface area contributed by atoms with Gasteiger partial charge in [0.15, 0.2) is 0 Å². The number of aromatic carboxylic acids is 1. The number of nitrogens with one attached hydrogen (secondary N) is 1. The zero-order chi connectivity index (χ0) is 14.0. The third-order valence-corrected chi connectivity index (χ3v) is 3.43. The third kappa shape index (κ3) is 2.76. The van der Waals surface area contributed by atoms with Crippen LogP contribution in [0.15, 0.2) is 18.2 Å². The van der Waals surface area contributed by atoms with Crippen molar-refractivity contribution >= 4 is 17.6 Å². The van der Waals surface area contributed by atoms with E-state index in [0.717, 1.165) is 12.0 Å². The monoisotopic (exact) mass is 263 g/mol. The zero-order valence-corrected chi connectivity index (χ0v) is 11.0. The van der Waals surface area contributed by atoms with E-state index in [1.54, 1.807) is 13.0 Å². The van der Waals surface area contributed by atoms with Gasteiger partial charge in [-0.3, -0.25) is 4.79 Å². The van der Waals surface area contributed by atoms with Crippen LogP contribution in [0.1, 0.15) is 35.7 Å². The summed E-state index contributed by atoms with van der Waals surface area (Å²) in [5.41, 5.74) is 0.672. The third-order valence-electron chi connectivity index (χ3n) is 3.43. The second kappa shape index (κ2) is 5.01. The number of aryl methyl sites for hydroxylation is 1. The van der Waals surface area contributed by atoms with E-state index in [-0.39, 0.29) is 11.5 Å². The van der Waals surface area contributed by atoms with Crippen LogP contribution in [0.25, 0.3) is 0 Å². The Kier molecular flexibility index (Phi) is 3.57. The highest BCUT2D eigenvalue weighted by Gasteiger charge is 2.37. The Morgan fingerprint density at radius 2 is 2.16 bits per heavy atom. The number of benzene rings is 1. The fourth-order valence-corrected chi connectivity index (χ4v) is 2.10. The summed E-state index contributed by atoms with van der Waals surface area (Å²) in [6, 6.07) is 4.66. The van der Waals surface area contributed by atoms with Crippen molar-refractivity contribution < 1.29 is 19.4 Å². The first-order valence-corrected chi connectivity index (χ1v) is 6.22. The van der Waals surface area contributed by atoms with Gasteiger partial charge in [-0.15, -0.1) is 0 Å². The number of rotatable bonds is 3. The number of anilines is 1. The molecule has 0 radical (unpaired) electrons. The maximum atomic E-state index is 12.2.